The van der Waals surface area contributed by atoms with E-state index < -0.39 is 15.8 Å². The minimum Gasteiger partial charge on any atom is -0.432 e. The standard InChI is InChI=1S/C18H18N2O4S/c1-11(2)14-10-9-13-15(20-25(3,22)23)17(24-18(13)19-14)16(21)12-7-5-4-6-8-12/h4-11,20H,1-3H3. The van der Waals surface area contributed by atoms with Crippen LogP contribution >= 0.6 is 0 Å². The molecule has 2 aromatic heterocycles. The monoisotopic (exact) mass is 358 g/mol. The van der Waals surface area contributed by atoms with Crippen LogP contribution in [0.4, 0.5) is 5.69 Å². The molecule has 7 heteroatoms. The topological polar surface area (TPSA) is 89.3 Å². The molecule has 0 aliphatic rings. The highest BCUT2D eigenvalue weighted by Crippen LogP contribution is 2.33. The zero-order chi connectivity index (χ0) is 18.2. The van der Waals surface area contributed by atoms with Gasteiger partial charge in [0.2, 0.25) is 27.3 Å². The SMILES string of the molecule is CC(C)c1ccc2c(NS(C)(=O)=O)c(C(=O)c3ccccc3)oc2n1. The summed E-state index contributed by atoms with van der Waals surface area (Å²) in [6, 6.07) is 12.1. The van der Waals surface area contributed by atoms with Gasteiger partial charge >= 0.3 is 0 Å². The number of benzene rings is 1. The van der Waals surface area contributed by atoms with E-state index in [1.54, 1.807) is 42.5 Å². The van der Waals surface area contributed by atoms with Crippen LogP contribution in [-0.2, 0) is 10.0 Å². The molecule has 25 heavy (non-hydrogen) atoms. The number of sulfonamides is 1. The first-order valence-corrected chi connectivity index (χ1v) is 9.66. The van der Waals surface area contributed by atoms with Crippen molar-refractivity contribution in [3.05, 3.63) is 59.5 Å². The molecule has 0 saturated carbocycles. The van der Waals surface area contributed by atoms with Gasteiger partial charge in [0.25, 0.3) is 0 Å². The fourth-order valence-corrected chi connectivity index (χ4v) is 3.06. The number of furan rings is 1. The predicted octanol–water partition coefficient (Wildman–Crippen LogP) is 3.55. The van der Waals surface area contributed by atoms with E-state index in [1.807, 2.05) is 13.8 Å². The van der Waals surface area contributed by atoms with Crippen LogP contribution < -0.4 is 4.72 Å². The molecule has 0 radical (unpaired) electrons. The van der Waals surface area contributed by atoms with Crippen LogP contribution in [0.15, 0.2) is 46.9 Å². The van der Waals surface area contributed by atoms with Gasteiger partial charge in [-0.3, -0.25) is 9.52 Å². The molecule has 0 saturated heterocycles. The van der Waals surface area contributed by atoms with E-state index in [4.69, 9.17) is 4.42 Å². The van der Waals surface area contributed by atoms with Crippen molar-refractivity contribution in [3.8, 4) is 0 Å². The Morgan fingerprint density at radius 3 is 2.40 bits per heavy atom. The van der Waals surface area contributed by atoms with E-state index in [9.17, 15) is 13.2 Å². The summed E-state index contributed by atoms with van der Waals surface area (Å²) in [5, 5.41) is 0.453. The third kappa shape index (κ3) is 3.56. The Kier molecular flexibility index (Phi) is 4.34. The number of pyridine rings is 1. The lowest BCUT2D eigenvalue weighted by Gasteiger charge is -2.05. The van der Waals surface area contributed by atoms with Crippen LogP contribution in [0.25, 0.3) is 11.1 Å². The molecule has 6 nitrogen and oxygen atoms in total. The first-order valence-electron chi connectivity index (χ1n) is 7.77. The van der Waals surface area contributed by atoms with E-state index >= 15 is 0 Å². The highest BCUT2D eigenvalue weighted by atomic mass is 32.2. The molecule has 0 aliphatic heterocycles. The molecule has 0 bridgehead atoms. The van der Waals surface area contributed by atoms with Gasteiger partial charge in [0.1, 0.15) is 5.69 Å². The Morgan fingerprint density at radius 1 is 1.12 bits per heavy atom. The highest BCUT2D eigenvalue weighted by Gasteiger charge is 2.25. The third-order valence-electron chi connectivity index (χ3n) is 3.70. The molecule has 0 amide bonds. The second kappa shape index (κ2) is 6.33. The molecule has 0 spiro atoms. The van der Waals surface area contributed by atoms with Gasteiger partial charge in [0, 0.05) is 11.3 Å². The van der Waals surface area contributed by atoms with E-state index in [-0.39, 0.29) is 23.1 Å². The van der Waals surface area contributed by atoms with Crippen molar-refractivity contribution >= 4 is 32.6 Å². The van der Waals surface area contributed by atoms with E-state index in [1.165, 1.54) is 0 Å². The summed E-state index contributed by atoms with van der Waals surface area (Å²) in [6.45, 7) is 3.98. The minimum atomic E-state index is -3.59. The summed E-state index contributed by atoms with van der Waals surface area (Å²) in [4.78, 5) is 17.2. The molecule has 1 N–H and O–H groups in total. The summed E-state index contributed by atoms with van der Waals surface area (Å²) < 4.78 is 31.5. The number of hydrogen-bond acceptors (Lipinski definition) is 5. The van der Waals surface area contributed by atoms with Gasteiger partial charge in [-0.25, -0.2) is 13.4 Å². The number of rotatable bonds is 5. The Balaban J connectivity index is 2.22. The maximum atomic E-state index is 12.8. The van der Waals surface area contributed by atoms with E-state index in [0.717, 1.165) is 11.9 Å². The van der Waals surface area contributed by atoms with Crippen LogP contribution in [0, 0.1) is 0 Å². The first-order chi connectivity index (χ1) is 11.8. The predicted molar refractivity (Wildman–Crippen MR) is 96.4 cm³/mol. The van der Waals surface area contributed by atoms with Crippen molar-refractivity contribution in [2.24, 2.45) is 0 Å². The zero-order valence-electron chi connectivity index (χ0n) is 14.1. The lowest BCUT2D eigenvalue weighted by molar-refractivity contribution is 0.101. The van der Waals surface area contributed by atoms with Gasteiger partial charge in [-0.1, -0.05) is 44.2 Å². The van der Waals surface area contributed by atoms with E-state index in [0.29, 0.717) is 10.9 Å². The first kappa shape index (κ1) is 17.2. The summed E-state index contributed by atoms with van der Waals surface area (Å²) in [7, 11) is -3.59. The average Bonchev–Trinajstić information content (AvgIpc) is 2.91. The molecule has 2 heterocycles. The van der Waals surface area contributed by atoms with Gasteiger partial charge in [0.15, 0.2) is 0 Å². The molecule has 0 aliphatic carbocycles. The van der Waals surface area contributed by atoms with Gasteiger partial charge in [-0.2, -0.15) is 0 Å². The van der Waals surface area contributed by atoms with Crippen molar-refractivity contribution in [2.75, 3.05) is 11.0 Å². The number of carbonyl (C=O) groups is 1. The molecule has 0 unspecified atom stereocenters. The van der Waals surface area contributed by atoms with Crippen molar-refractivity contribution in [3.63, 3.8) is 0 Å². The van der Waals surface area contributed by atoms with Crippen LogP contribution in [0.5, 0.6) is 0 Å². The van der Waals surface area contributed by atoms with Crippen molar-refractivity contribution in [1.29, 1.82) is 0 Å². The number of nitrogens with zero attached hydrogens (tertiary/aromatic N) is 1. The molecular formula is C18H18N2O4S. The van der Waals surface area contributed by atoms with Crippen molar-refractivity contribution in [2.45, 2.75) is 19.8 Å². The van der Waals surface area contributed by atoms with Crippen LogP contribution in [0.2, 0.25) is 0 Å². The normalized spacial score (nSPS) is 11.8. The smallest absolute Gasteiger partial charge is 0.230 e. The number of anilines is 1. The Morgan fingerprint density at radius 2 is 1.80 bits per heavy atom. The zero-order valence-corrected chi connectivity index (χ0v) is 14.9. The number of aromatic nitrogens is 1. The highest BCUT2D eigenvalue weighted by molar-refractivity contribution is 7.92. The van der Waals surface area contributed by atoms with Crippen LogP contribution in [0.3, 0.4) is 0 Å². The van der Waals surface area contributed by atoms with Crippen LogP contribution in [0.1, 0.15) is 41.6 Å². The molecule has 0 fully saturated rings. The Labute approximate surface area is 145 Å². The molecule has 3 rings (SSSR count). The third-order valence-corrected chi connectivity index (χ3v) is 4.27. The summed E-state index contributed by atoms with van der Waals surface area (Å²) >= 11 is 0. The Hall–Kier alpha value is -2.67. The fourth-order valence-electron chi connectivity index (χ4n) is 2.48. The maximum absolute atomic E-state index is 12.8. The van der Waals surface area contributed by atoms with Gasteiger partial charge in [-0.05, 0) is 18.1 Å². The largest absolute Gasteiger partial charge is 0.432 e. The molecule has 3 aromatic rings. The molecule has 1 aromatic carbocycles. The fraction of sp³-hybridized carbons (Fsp3) is 0.222. The summed E-state index contributed by atoms with van der Waals surface area (Å²) in [6.07, 6.45) is 1.03. The second-order valence-electron chi connectivity index (χ2n) is 6.12. The average molecular weight is 358 g/mol. The van der Waals surface area contributed by atoms with Gasteiger partial charge in [0.05, 0.1) is 11.6 Å². The van der Waals surface area contributed by atoms with Crippen molar-refractivity contribution < 1.29 is 17.6 Å². The Bertz CT molecular complexity index is 1040. The summed E-state index contributed by atoms with van der Waals surface area (Å²) in [5.41, 5.74) is 1.55. The number of hydrogen-bond donors (Lipinski definition) is 1. The molecule has 130 valence electrons. The number of carbonyl (C=O) groups excluding carboxylic acids is 1. The van der Waals surface area contributed by atoms with Crippen LogP contribution in [-0.4, -0.2) is 25.4 Å². The summed E-state index contributed by atoms with van der Waals surface area (Å²) in [5.74, 6) is -0.301. The number of ketones is 1. The molecular weight excluding hydrogens is 340 g/mol. The van der Waals surface area contributed by atoms with Gasteiger partial charge in [-0.15, -0.1) is 0 Å². The maximum Gasteiger partial charge on any atom is 0.230 e. The molecule has 0 atom stereocenters. The quantitative estimate of drug-likeness (QED) is 0.705. The minimum absolute atomic E-state index is 0.0694. The lowest BCUT2D eigenvalue weighted by atomic mass is 10.1. The van der Waals surface area contributed by atoms with Crippen molar-refractivity contribution in [1.82, 2.24) is 4.98 Å². The van der Waals surface area contributed by atoms with Gasteiger partial charge < -0.3 is 4.42 Å². The number of nitrogens with one attached hydrogen (secondary N) is 1. The van der Waals surface area contributed by atoms with E-state index in [2.05, 4.69) is 9.71 Å². The second-order valence-corrected chi connectivity index (χ2v) is 7.87. The lowest BCUT2D eigenvalue weighted by Crippen LogP contribution is -2.12. The number of fused-ring (bicyclic) bond motifs is 1.